The van der Waals surface area contributed by atoms with Crippen LogP contribution in [0, 0.1) is 15.9 Å². The van der Waals surface area contributed by atoms with Crippen molar-refractivity contribution in [3.63, 3.8) is 0 Å². The summed E-state index contributed by atoms with van der Waals surface area (Å²) in [7, 11) is -4.42. The van der Waals surface area contributed by atoms with Gasteiger partial charge in [-0.3, -0.25) is 20.3 Å². The summed E-state index contributed by atoms with van der Waals surface area (Å²) < 4.78 is 36.4. The first-order valence-corrected chi connectivity index (χ1v) is 5.95. The van der Waals surface area contributed by atoms with E-state index in [1.54, 1.807) is 10.3 Å². The van der Waals surface area contributed by atoms with Crippen molar-refractivity contribution < 1.29 is 22.5 Å². The first-order chi connectivity index (χ1) is 8.25. The third-order valence-electron chi connectivity index (χ3n) is 1.78. The Bertz CT molecular complexity index is 601. The monoisotopic (exact) mass is 277 g/mol. The number of hydrogen-bond acceptors (Lipinski definition) is 5. The lowest BCUT2D eigenvalue weighted by molar-refractivity contribution is -0.390. The van der Waals surface area contributed by atoms with Gasteiger partial charge in [-0.05, 0) is 12.1 Å². The average molecular weight is 277 g/mol. The highest BCUT2D eigenvalue weighted by Crippen LogP contribution is 2.25. The molecule has 1 aromatic rings. The molecule has 0 aliphatic rings. The second-order valence-corrected chi connectivity index (χ2v) is 4.78. The molecule has 1 rings (SSSR count). The Labute approximate surface area is 101 Å². The molecule has 0 spiro atoms. The van der Waals surface area contributed by atoms with Gasteiger partial charge in [0.25, 0.3) is 10.0 Å². The maximum atomic E-state index is 13.2. The number of hydrazine groups is 1. The summed E-state index contributed by atoms with van der Waals surface area (Å²) in [5, 5.41) is 10.6. The van der Waals surface area contributed by atoms with E-state index in [1.807, 2.05) is 0 Å². The highest BCUT2D eigenvalue weighted by atomic mass is 32.2. The maximum absolute atomic E-state index is 13.2. The van der Waals surface area contributed by atoms with Gasteiger partial charge >= 0.3 is 5.69 Å². The number of benzene rings is 1. The lowest BCUT2D eigenvalue weighted by Gasteiger charge is -2.07. The standard InChI is InChI=1S/C8H8FN3O5S/c1-5(13)10-11-18(16,17)7-4-2-3-6(9)8(7)12(14)15/h2-4,11H,1H3,(H,10,13). The molecule has 18 heavy (non-hydrogen) atoms. The van der Waals surface area contributed by atoms with Crippen LogP contribution in [0.5, 0.6) is 0 Å². The molecule has 0 fully saturated rings. The van der Waals surface area contributed by atoms with Crippen LogP contribution in [-0.2, 0) is 14.8 Å². The van der Waals surface area contributed by atoms with Gasteiger partial charge in [-0.15, -0.1) is 4.83 Å². The number of nitrogens with one attached hydrogen (secondary N) is 2. The first-order valence-electron chi connectivity index (χ1n) is 4.47. The van der Waals surface area contributed by atoms with Gasteiger partial charge in [0, 0.05) is 6.92 Å². The van der Waals surface area contributed by atoms with Gasteiger partial charge in [-0.25, -0.2) is 8.42 Å². The number of amides is 1. The van der Waals surface area contributed by atoms with Crippen LogP contribution < -0.4 is 10.3 Å². The number of sulfonamides is 1. The van der Waals surface area contributed by atoms with Crippen LogP contribution in [0.2, 0.25) is 0 Å². The summed E-state index contributed by atoms with van der Waals surface area (Å²) in [6, 6.07) is 2.62. The minimum Gasteiger partial charge on any atom is -0.278 e. The van der Waals surface area contributed by atoms with Gasteiger partial charge < -0.3 is 0 Å². The van der Waals surface area contributed by atoms with Crippen molar-refractivity contribution >= 4 is 21.6 Å². The van der Waals surface area contributed by atoms with E-state index in [0.29, 0.717) is 0 Å². The smallest absolute Gasteiger partial charge is 0.278 e. The van der Waals surface area contributed by atoms with Crippen LogP contribution in [0.4, 0.5) is 10.1 Å². The van der Waals surface area contributed by atoms with Crippen molar-refractivity contribution in [2.45, 2.75) is 11.8 Å². The van der Waals surface area contributed by atoms with Crippen molar-refractivity contribution in [1.82, 2.24) is 10.3 Å². The van der Waals surface area contributed by atoms with E-state index in [9.17, 15) is 27.7 Å². The van der Waals surface area contributed by atoms with E-state index < -0.39 is 37.3 Å². The highest BCUT2D eigenvalue weighted by Gasteiger charge is 2.29. The normalized spacial score (nSPS) is 11.0. The molecule has 0 bridgehead atoms. The Balaban J connectivity index is 3.28. The molecule has 2 N–H and O–H groups in total. The molecule has 0 aliphatic carbocycles. The third kappa shape index (κ3) is 2.99. The minimum absolute atomic E-state index is 0.724. The van der Waals surface area contributed by atoms with Crippen molar-refractivity contribution in [3.8, 4) is 0 Å². The molecule has 10 heteroatoms. The topological polar surface area (TPSA) is 118 Å². The zero-order valence-electron chi connectivity index (χ0n) is 9.01. The molecule has 0 saturated heterocycles. The van der Waals surface area contributed by atoms with Crippen LogP contribution in [0.3, 0.4) is 0 Å². The summed E-state index contributed by atoms with van der Waals surface area (Å²) in [6.07, 6.45) is 0. The predicted octanol–water partition coefficient (Wildman–Crippen LogP) is 0.0633. The van der Waals surface area contributed by atoms with Crippen molar-refractivity contribution in [2.75, 3.05) is 0 Å². The fourth-order valence-corrected chi connectivity index (χ4v) is 2.16. The van der Waals surface area contributed by atoms with Gasteiger partial charge in [0.2, 0.25) is 11.7 Å². The Kier molecular flexibility index (Phi) is 3.93. The molecular formula is C8H8FN3O5S. The quantitative estimate of drug-likeness (QED) is 0.596. The number of carbonyl (C=O) groups is 1. The predicted molar refractivity (Wildman–Crippen MR) is 57.2 cm³/mol. The summed E-state index contributed by atoms with van der Waals surface area (Å²) in [5.74, 6) is -2.01. The van der Waals surface area contributed by atoms with Crippen LogP contribution in [0.25, 0.3) is 0 Å². The summed E-state index contributed by atoms with van der Waals surface area (Å²) >= 11 is 0. The van der Waals surface area contributed by atoms with E-state index in [-0.39, 0.29) is 0 Å². The molecule has 0 aromatic heterocycles. The number of halogens is 1. The molecule has 8 nitrogen and oxygen atoms in total. The Morgan fingerprint density at radius 1 is 1.44 bits per heavy atom. The molecule has 1 amide bonds. The Hall–Kier alpha value is -2.07. The minimum atomic E-state index is -4.42. The van der Waals surface area contributed by atoms with Crippen molar-refractivity contribution in [2.24, 2.45) is 0 Å². The van der Waals surface area contributed by atoms with E-state index in [4.69, 9.17) is 0 Å². The third-order valence-corrected chi connectivity index (χ3v) is 3.06. The van der Waals surface area contributed by atoms with Crippen molar-refractivity contribution in [3.05, 3.63) is 34.1 Å². The molecule has 0 aliphatic heterocycles. The lowest BCUT2D eigenvalue weighted by Crippen LogP contribution is -2.40. The summed E-state index contributed by atoms with van der Waals surface area (Å²) in [5.41, 5.74) is 0.563. The first kappa shape index (κ1) is 14.0. The fourth-order valence-electron chi connectivity index (χ4n) is 1.08. The van der Waals surface area contributed by atoms with Crippen LogP contribution in [-0.4, -0.2) is 19.2 Å². The zero-order chi connectivity index (χ0) is 13.9. The number of hydrogen-bond donors (Lipinski definition) is 2. The molecule has 0 unspecified atom stereocenters. The Morgan fingerprint density at radius 2 is 2.06 bits per heavy atom. The van der Waals surface area contributed by atoms with E-state index in [0.717, 1.165) is 25.1 Å². The van der Waals surface area contributed by atoms with Gasteiger partial charge in [-0.2, -0.15) is 4.39 Å². The molecule has 0 saturated carbocycles. The average Bonchev–Trinajstić information content (AvgIpc) is 2.25. The summed E-state index contributed by atoms with van der Waals surface area (Å²) in [6.45, 7) is 1.03. The molecule has 0 heterocycles. The summed E-state index contributed by atoms with van der Waals surface area (Å²) in [4.78, 5) is 20.7. The largest absolute Gasteiger partial charge is 0.324 e. The van der Waals surface area contributed by atoms with Crippen LogP contribution in [0.1, 0.15) is 6.92 Å². The Morgan fingerprint density at radius 3 is 2.56 bits per heavy atom. The number of nitrogens with zero attached hydrogens (tertiary/aromatic N) is 1. The number of nitro groups is 1. The van der Waals surface area contributed by atoms with Gasteiger partial charge in [0.05, 0.1) is 4.92 Å². The van der Waals surface area contributed by atoms with E-state index in [2.05, 4.69) is 0 Å². The van der Waals surface area contributed by atoms with E-state index in [1.165, 1.54) is 0 Å². The molecule has 0 radical (unpaired) electrons. The molecular weight excluding hydrogens is 269 g/mol. The van der Waals surface area contributed by atoms with Gasteiger partial charge in [0.15, 0.2) is 4.90 Å². The molecule has 0 atom stereocenters. The van der Waals surface area contributed by atoms with Crippen molar-refractivity contribution in [1.29, 1.82) is 0 Å². The number of nitro benzene ring substituents is 1. The number of carbonyl (C=O) groups excluding carboxylic acids is 1. The highest BCUT2D eigenvalue weighted by molar-refractivity contribution is 7.89. The second-order valence-electron chi connectivity index (χ2n) is 3.13. The fraction of sp³-hybridized carbons (Fsp3) is 0.125. The SMILES string of the molecule is CC(=O)NNS(=O)(=O)c1cccc(F)c1[N+](=O)[O-]. The lowest BCUT2D eigenvalue weighted by atomic mass is 10.3. The number of rotatable bonds is 4. The molecule has 1 aromatic carbocycles. The van der Waals surface area contributed by atoms with Gasteiger partial charge in [-0.1, -0.05) is 6.07 Å². The second kappa shape index (κ2) is 5.06. The maximum Gasteiger partial charge on any atom is 0.324 e. The van der Waals surface area contributed by atoms with E-state index >= 15 is 0 Å². The van der Waals surface area contributed by atoms with Gasteiger partial charge in [0.1, 0.15) is 0 Å². The molecule has 98 valence electrons. The van der Waals surface area contributed by atoms with Crippen LogP contribution in [0.15, 0.2) is 23.1 Å². The zero-order valence-corrected chi connectivity index (χ0v) is 9.82. The van der Waals surface area contributed by atoms with Crippen LogP contribution >= 0.6 is 0 Å². The number of para-hydroxylation sites is 1.